The van der Waals surface area contributed by atoms with Gasteiger partial charge in [0.15, 0.2) is 6.10 Å². The minimum absolute atomic E-state index is 0.318. The number of hydrogen-bond donors (Lipinski definition) is 1. The number of benzene rings is 2. The molecular weight excluding hydrogens is 459 g/mol. The number of carbonyl (C=O) groups excluding carboxylic acids is 1. The highest BCUT2D eigenvalue weighted by Gasteiger charge is 2.16. The zero-order chi connectivity index (χ0) is 20.0. The predicted molar refractivity (Wildman–Crippen MR) is 110 cm³/mol. The molecule has 2 rings (SSSR count). The smallest absolute Gasteiger partial charge is 0.280 e. The number of nitrogens with one attached hydrogen (secondary N) is 1. The molecule has 0 aliphatic rings. The van der Waals surface area contributed by atoms with Gasteiger partial charge >= 0.3 is 0 Å². The Hall–Kier alpha value is -1.96. The van der Waals surface area contributed by atoms with Gasteiger partial charge in [0.1, 0.15) is 17.2 Å². The van der Waals surface area contributed by atoms with Crippen LogP contribution >= 0.6 is 39.1 Å². The van der Waals surface area contributed by atoms with Gasteiger partial charge in [0, 0.05) is 16.7 Å². The van der Waals surface area contributed by atoms with Crippen LogP contribution in [-0.4, -0.2) is 32.4 Å². The molecular formula is C18H17BrCl2N2O4. The molecule has 0 aliphatic heterocycles. The first-order valence-corrected chi connectivity index (χ1v) is 9.26. The average molecular weight is 476 g/mol. The Balaban J connectivity index is 2.03. The van der Waals surface area contributed by atoms with E-state index in [1.54, 1.807) is 38.3 Å². The normalized spacial score (nSPS) is 11.9. The number of halogens is 3. The van der Waals surface area contributed by atoms with Crippen LogP contribution in [0, 0.1) is 0 Å². The summed E-state index contributed by atoms with van der Waals surface area (Å²) >= 11 is 15.3. The molecule has 27 heavy (non-hydrogen) atoms. The van der Waals surface area contributed by atoms with Crippen LogP contribution in [0.4, 0.5) is 0 Å². The third-order valence-electron chi connectivity index (χ3n) is 3.45. The Morgan fingerprint density at radius 1 is 1.15 bits per heavy atom. The maximum Gasteiger partial charge on any atom is 0.280 e. The average Bonchev–Trinajstić information content (AvgIpc) is 2.64. The second kappa shape index (κ2) is 9.82. The molecule has 0 heterocycles. The molecule has 2 aromatic rings. The van der Waals surface area contributed by atoms with Crippen molar-refractivity contribution in [2.75, 3.05) is 14.2 Å². The molecule has 0 aromatic heterocycles. The summed E-state index contributed by atoms with van der Waals surface area (Å²) in [6.45, 7) is 1.58. The fourth-order valence-electron chi connectivity index (χ4n) is 2.06. The number of hydrazone groups is 1. The van der Waals surface area contributed by atoms with Crippen LogP contribution in [-0.2, 0) is 4.79 Å². The maximum absolute atomic E-state index is 12.2. The Bertz CT molecular complexity index is 861. The van der Waals surface area contributed by atoms with Crippen molar-refractivity contribution in [3.05, 3.63) is 50.4 Å². The van der Waals surface area contributed by atoms with E-state index in [4.69, 9.17) is 37.4 Å². The van der Waals surface area contributed by atoms with Crippen LogP contribution in [0.25, 0.3) is 0 Å². The number of nitrogens with zero attached hydrogens (tertiary/aromatic N) is 1. The zero-order valence-electron chi connectivity index (χ0n) is 14.8. The van der Waals surface area contributed by atoms with E-state index >= 15 is 0 Å². The van der Waals surface area contributed by atoms with E-state index in [2.05, 4.69) is 26.5 Å². The topological polar surface area (TPSA) is 69.2 Å². The third-order valence-corrected chi connectivity index (χ3v) is 4.60. The number of amides is 1. The minimum atomic E-state index is -0.815. The van der Waals surface area contributed by atoms with Gasteiger partial charge in [-0.05, 0) is 47.1 Å². The fourth-order valence-corrected chi connectivity index (χ4v) is 3.03. The molecule has 1 amide bonds. The lowest BCUT2D eigenvalue weighted by Crippen LogP contribution is -2.33. The molecule has 0 saturated heterocycles. The standard InChI is InChI=1S/C18H17BrCl2N2O4/c1-10(27-15-5-4-12(20)7-14(15)21)18(24)23-22-9-11-6-13(19)17(26-3)8-16(11)25-2/h4-10H,1-3H3,(H,23,24)/b22-9+. The van der Waals surface area contributed by atoms with Crippen molar-refractivity contribution in [1.29, 1.82) is 0 Å². The van der Waals surface area contributed by atoms with Crippen molar-refractivity contribution in [3.63, 3.8) is 0 Å². The Labute approximate surface area is 175 Å². The van der Waals surface area contributed by atoms with Crippen LogP contribution in [0.3, 0.4) is 0 Å². The van der Waals surface area contributed by atoms with E-state index in [9.17, 15) is 4.79 Å². The molecule has 0 radical (unpaired) electrons. The summed E-state index contributed by atoms with van der Waals surface area (Å²) in [6, 6.07) is 8.23. The van der Waals surface area contributed by atoms with Gasteiger partial charge in [-0.25, -0.2) is 5.43 Å². The maximum atomic E-state index is 12.2. The van der Waals surface area contributed by atoms with E-state index in [0.29, 0.717) is 32.9 Å². The molecule has 6 nitrogen and oxygen atoms in total. The summed E-state index contributed by atoms with van der Waals surface area (Å²) in [5.74, 6) is 1.08. The van der Waals surface area contributed by atoms with Crippen LogP contribution in [0.15, 0.2) is 39.9 Å². The van der Waals surface area contributed by atoms with Gasteiger partial charge < -0.3 is 14.2 Å². The Morgan fingerprint density at radius 2 is 1.85 bits per heavy atom. The molecule has 0 bridgehead atoms. The van der Waals surface area contributed by atoms with Crippen molar-refractivity contribution in [2.45, 2.75) is 13.0 Å². The van der Waals surface area contributed by atoms with E-state index in [-0.39, 0.29) is 0 Å². The summed E-state index contributed by atoms with van der Waals surface area (Å²) in [4.78, 5) is 12.2. The van der Waals surface area contributed by atoms with Crippen molar-refractivity contribution in [2.24, 2.45) is 5.10 Å². The van der Waals surface area contributed by atoms with E-state index in [1.807, 2.05) is 0 Å². The molecule has 1 atom stereocenters. The second-order valence-electron chi connectivity index (χ2n) is 5.30. The lowest BCUT2D eigenvalue weighted by Gasteiger charge is -2.14. The van der Waals surface area contributed by atoms with Gasteiger partial charge in [-0.3, -0.25) is 4.79 Å². The molecule has 0 spiro atoms. The molecule has 0 saturated carbocycles. The van der Waals surface area contributed by atoms with Crippen LogP contribution < -0.4 is 19.6 Å². The van der Waals surface area contributed by atoms with Gasteiger partial charge in [-0.15, -0.1) is 0 Å². The fraction of sp³-hybridized carbons (Fsp3) is 0.222. The summed E-state index contributed by atoms with van der Waals surface area (Å²) in [7, 11) is 3.09. The minimum Gasteiger partial charge on any atom is -0.496 e. The molecule has 144 valence electrons. The lowest BCUT2D eigenvalue weighted by molar-refractivity contribution is -0.127. The Kier molecular flexibility index (Phi) is 7.77. The number of rotatable bonds is 7. The Morgan fingerprint density at radius 3 is 2.48 bits per heavy atom. The molecule has 0 fully saturated rings. The van der Waals surface area contributed by atoms with Crippen LogP contribution in [0.1, 0.15) is 12.5 Å². The second-order valence-corrected chi connectivity index (χ2v) is 7.00. The molecule has 2 aromatic carbocycles. The summed E-state index contributed by atoms with van der Waals surface area (Å²) in [6.07, 6.45) is 0.647. The van der Waals surface area contributed by atoms with Crippen molar-refractivity contribution >= 4 is 51.3 Å². The van der Waals surface area contributed by atoms with E-state index in [1.165, 1.54) is 19.4 Å². The van der Waals surface area contributed by atoms with Crippen LogP contribution in [0.2, 0.25) is 10.0 Å². The van der Waals surface area contributed by atoms with Gasteiger partial charge in [0.2, 0.25) is 0 Å². The van der Waals surface area contributed by atoms with Gasteiger partial charge in [-0.2, -0.15) is 5.10 Å². The molecule has 0 aliphatic carbocycles. The molecule has 9 heteroatoms. The highest BCUT2D eigenvalue weighted by molar-refractivity contribution is 9.10. The highest BCUT2D eigenvalue weighted by atomic mass is 79.9. The van der Waals surface area contributed by atoms with Gasteiger partial charge in [0.05, 0.1) is 29.9 Å². The summed E-state index contributed by atoms with van der Waals surface area (Å²) < 4.78 is 16.8. The lowest BCUT2D eigenvalue weighted by atomic mass is 10.2. The van der Waals surface area contributed by atoms with Crippen molar-refractivity contribution in [3.8, 4) is 17.2 Å². The van der Waals surface area contributed by atoms with Gasteiger partial charge in [-0.1, -0.05) is 23.2 Å². The molecule has 1 unspecified atom stereocenters. The van der Waals surface area contributed by atoms with Crippen LogP contribution in [0.5, 0.6) is 17.2 Å². The van der Waals surface area contributed by atoms with Crippen molar-refractivity contribution in [1.82, 2.24) is 5.43 Å². The predicted octanol–water partition coefficient (Wildman–Crippen LogP) is 4.69. The van der Waals surface area contributed by atoms with E-state index < -0.39 is 12.0 Å². The monoisotopic (exact) mass is 474 g/mol. The zero-order valence-corrected chi connectivity index (χ0v) is 17.9. The number of ether oxygens (including phenoxy) is 3. The van der Waals surface area contributed by atoms with Gasteiger partial charge in [0.25, 0.3) is 5.91 Å². The highest BCUT2D eigenvalue weighted by Crippen LogP contribution is 2.32. The first kappa shape index (κ1) is 21.3. The van der Waals surface area contributed by atoms with Crippen molar-refractivity contribution < 1.29 is 19.0 Å². The molecule has 1 N–H and O–H groups in total. The number of hydrogen-bond acceptors (Lipinski definition) is 5. The number of carbonyl (C=O) groups is 1. The SMILES string of the molecule is COc1cc(OC)c(/C=N/NC(=O)C(C)Oc2ccc(Cl)cc2Cl)cc1Br. The largest absolute Gasteiger partial charge is 0.496 e. The first-order valence-electron chi connectivity index (χ1n) is 7.71. The number of methoxy groups -OCH3 is 2. The quantitative estimate of drug-likeness (QED) is 0.465. The summed E-state index contributed by atoms with van der Waals surface area (Å²) in [5.41, 5.74) is 3.07. The van der Waals surface area contributed by atoms with E-state index in [0.717, 1.165) is 4.47 Å². The summed E-state index contributed by atoms with van der Waals surface area (Å²) in [5, 5.41) is 4.74. The third kappa shape index (κ3) is 5.76. The first-order chi connectivity index (χ1) is 12.8.